The molecule has 0 amide bonds. The molecule has 3 nitrogen and oxygen atoms in total. The van der Waals surface area contributed by atoms with Gasteiger partial charge >= 0.3 is 0 Å². The molecule has 0 aromatic carbocycles. The molecule has 1 aromatic heterocycles. The summed E-state index contributed by atoms with van der Waals surface area (Å²) < 4.78 is 12.8. The molecule has 0 radical (unpaired) electrons. The van der Waals surface area contributed by atoms with E-state index in [4.69, 9.17) is 5.73 Å². The first kappa shape index (κ1) is 14.4. The average Bonchev–Trinajstić information content (AvgIpc) is 3.21. The van der Waals surface area contributed by atoms with Gasteiger partial charge in [0.25, 0.3) is 0 Å². The summed E-state index contributed by atoms with van der Waals surface area (Å²) in [5, 5.41) is 0. The quantitative estimate of drug-likeness (QED) is 0.786. The number of pyridine rings is 1. The second-order valence-electron chi connectivity index (χ2n) is 5.54. The van der Waals surface area contributed by atoms with Gasteiger partial charge in [-0.2, -0.15) is 0 Å². The van der Waals surface area contributed by atoms with Crippen molar-refractivity contribution in [3.63, 3.8) is 0 Å². The molecule has 1 heterocycles. The van der Waals surface area contributed by atoms with Crippen molar-refractivity contribution in [3.05, 3.63) is 29.8 Å². The molecule has 0 aliphatic heterocycles. The third-order valence-electron chi connectivity index (χ3n) is 3.64. The number of nitrogens with two attached hydrogens (primary N) is 1. The van der Waals surface area contributed by atoms with Crippen LogP contribution in [0.3, 0.4) is 0 Å². The van der Waals surface area contributed by atoms with Crippen LogP contribution in [0.25, 0.3) is 0 Å². The molecule has 0 bridgehead atoms. The molecule has 2 rings (SSSR count). The van der Waals surface area contributed by atoms with Crippen molar-refractivity contribution < 1.29 is 4.39 Å². The highest BCUT2D eigenvalue weighted by atomic mass is 19.1. The van der Waals surface area contributed by atoms with E-state index in [0.29, 0.717) is 0 Å². The molecule has 4 heteroatoms. The maximum Gasteiger partial charge on any atom is 0.141 e. The SMILES string of the molecule is CCCN(CCC(N)c1ccc(F)cn1)CC1CC1. The van der Waals surface area contributed by atoms with Gasteiger partial charge in [-0.15, -0.1) is 0 Å². The van der Waals surface area contributed by atoms with Gasteiger partial charge in [0, 0.05) is 19.1 Å². The van der Waals surface area contributed by atoms with Gasteiger partial charge in [-0.05, 0) is 50.3 Å². The van der Waals surface area contributed by atoms with E-state index in [9.17, 15) is 4.39 Å². The van der Waals surface area contributed by atoms with E-state index < -0.39 is 0 Å². The Morgan fingerprint density at radius 2 is 2.21 bits per heavy atom. The molecule has 1 fully saturated rings. The van der Waals surface area contributed by atoms with Crippen molar-refractivity contribution in [1.29, 1.82) is 0 Å². The van der Waals surface area contributed by atoms with Gasteiger partial charge < -0.3 is 10.6 Å². The second kappa shape index (κ2) is 6.96. The minimum Gasteiger partial charge on any atom is -0.323 e. The average molecular weight is 265 g/mol. The van der Waals surface area contributed by atoms with Crippen molar-refractivity contribution in [2.24, 2.45) is 11.7 Å². The van der Waals surface area contributed by atoms with E-state index >= 15 is 0 Å². The van der Waals surface area contributed by atoms with E-state index in [2.05, 4.69) is 16.8 Å². The van der Waals surface area contributed by atoms with Crippen LogP contribution in [0.5, 0.6) is 0 Å². The highest BCUT2D eigenvalue weighted by Crippen LogP contribution is 2.30. The van der Waals surface area contributed by atoms with Crippen LogP contribution in [0, 0.1) is 11.7 Å². The standard InChI is InChI=1S/C15H24FN3/c1-2-8-19(11-12-3-4-12)9-7-14(17)15-6-5-13(16)10-18-15/h5-6,10,12,14H,2-4,7-9,11,17H2,1H3. The number of rotatable bonds is 8. The Kier molecular flexibility index (Phi) is 5.28. The Balaban J connectivity index is 1.79. The Morgan fingerprint density at radius 3 is 2.79 bits per heavy atom. The van der Waals surface area contributed by atoms with Crippen molar-refractivity contribution in [3.8, 4) is 0 Å². The predicted octanol–water partition coefficient (Wildman–Crippen LogP) is 2.73. The molecular weight excluding hydrogens is 241 g/mol. The molecule has 1 aliphatic rings. The minimum absolute atomic E-state index is 0.0980. The summed E-state index contributed by atoms with van der Waals surface area (Å²) in [7, 11) is 0. The van der Waals surface area contributed by atoms with E-state index in [1.165, 1.54) is 38.1 Å². The number of halogens is 1. The zero-order valence-electron chi connectivity index (χ0n) is 11.7. The first-order chi connectivity index (χ1) is 9.19. The summed E-state index contributed by atoms with van der Waals surface area (Å²) >= 11 is 0. The minimum atomic E-state index is -0.308. The third-order valence-corrected chi connectivity index (χ3v) is 3.64. The Morgan fingerprint density at radius 1 is 1.42 bits per heavy atom. The summed E-state index contributed by atoms with van der Waals surface area (Å²) in [5.74, 6) is 0.601. The summed E-state index contributed by atoms with van der Waals surface area (Å²) in [6.07, 6.45) is 6.06. The normalized spacial score (nSPS) is 16.8. The first-order valence-electron chi connectivity index (χ1n) is 7.28. The van der Waals surface area contributed by atoms with Crippen LogP contribution < -0.4 is 5.73 Å². The fourth-order valence-electron chi connectivity index (χ4n) is 2.35. The van der Waals surface area contributed by atoms with Crippen LogP contribution in [0.2, 0.25) is 0 Å². The lowest BCUT2D eigenvalue weighted by molar-refractivity contribution is 0.253. The number of hydrogen-bond donors (Lipinski definition) is 1. The highest BCUT2D eigenvalue weighted by Gasteiger charge is 2.24. The maximum absolute atomic E-state index is 12.8. The van der Waals surface area contributed by atoms with Crippen molar-refractivity contribution >= 4 is 0 Å². The highest BCUT2D eigenvalue weighted by molar-refractivity contribution is 5.09. The van der Waals surface area contributed by atoms with Crippen LogP contribution in [0.1, 0.15) is 44.3 Å². The van der Waals surface area contributed by atoms with E-state index in [-0.39, 0.29) is 11.9 Å². The summed E-state index contributed by atoms with van der Waals surface area (Å²) in [5.41, 5.74) is 6.91. The zero-order chi connectivity index (χ0) is 13.7. The molecule has 106 valence electrons. The molecule has 1 saturated carbocycles. The molecule has 0 spiro atoms. The van der Waals surface area contributed by atoms with Crippen molar-refractivity contribution in [2.45, 2.75) is 38.6 Å². The van der Waals surface area contributed by atoms with E-state index in [1.807, 2.05) is 0 Å². The number of nitrogens with zero attached hydrogens (tertiary/aromatic N) is 2. The first-order valence-corrected chi connectivity index (χ1v) is 7.28. The molecule has 1 aromatic rings. The lowest BCUT2D eigenvalue weighted by atomic mass is 10.1. The Hall–Kier alpha value is -1.00. The van der Waals surface area contributed by atoms with Crippen molar-refractivity contribution in [1.82, 2.24) is 9.88 Å². The summed E-state index contributed by atoms with van der Waals surface area (Å²) in [4.78, 5) is 6.56. The molecular formula is C15H24FN3. The van der Waals surface area contributed by atoms with Gasteiger partial charge in [-0.1, -0.05) is 6.92 Å². The monoisotopic (exact) mass is 265 g/mol. The summed E-state index contributed by atoms with van der Waals surface area (Å²) in [6.45, 7) is 5.56. The van der Waals surface area contributed by atoms with Gasteiger partial charge in [0.05, 0.1) is 11.9 Å². The Labute approximate surface area is 115 Å². The fraction of sp³-hybridized carbons (Fsp3) is 0.667. The molecule has 1 unspecified atom stereocenters. The number of hydrogen-bond acceptors (Lipinski definition) is 3. The van der Waals surface area contributed by atoms with Crippen molar-refractivity contribution in [2.75, 3.05) is 19.6 Å². The van der Waals surface area contributed by atoms with Gasteiger partial charge in [-0.3, -0.25) is 4.98 Å². The maximum atomic E-state index is 12.8. The smallest absolute Gasteiger partial charge is 0.141 e. The fourth-order valence-corrected chi connectivity index (χ4v) is 2.35. The molecule has 19 heavy (non-hydrogen) atoms. The molecule has 2 N–H and O–H groups in total. The third kappa shape index (κ3) is 4.88. The van der Waals surface area contributed by atoms with E-state index in [1.54, 1.807) is 6.07 Å². The topological polar surface area (TPSA) is 42.1 Å². The lowest BCUT2D eigenvalue weighted by Crippen LogP contribution is -2.30. The largest absolute Gasteiger partial charge is 0.323 e. The molecule has 1 atom stereocenters. The van der Waals surface area contributed by atoms with Crippen LogP contribution in [-0.4, -0.2) is 29.5 Å². The molecule has 0 saturated heterocycles. The van der Waals surface area contributed by atoms with Crippen LogP contribution in [0.4, 0.5) is 4.39 Å². The van der Waals surface area contributed by atoms with Crippen LogP contribution in [-0.2, 0) is 0 Å². The van der Waals surface area contributed by atoms with Gasteiger partial charge in [0.2, 0.25) is 0 Å². The Bertz CT molecular complexity index is 375. The molecule has 1 aliphatic carbocycles. The zero-order valence-corrected chi connectivity index (χ0v) is 11.7. The van der Waals surface area contributed by atoms with Crippen LogP contribution >= 0.6 is 0 Å². The predicted molar refractivity (Wildman–Crippen MR) is 75.2 cm³/mol. The van der Waals surface area contributed by atoms with Gasteiger partial charge in [0.1, 0.15) is 5.82 Å². The van der Waals surface area contributed by atoms with Crippen LogP contribution in [0.15, 0.2) is 18.3 Å². The summed E-state index contributed by atoms with van der Waals surface area (Å²) in [6, 6.07) is 3.01. The lowest BCUT2D eigenvalue weighted by Gasteiger charge is -2.23. The second-order valence-corrected chi connectivity index (χ2v) is 5.54. The number of aromatic nitrogens is 1. The van der Waals surface area contributed by atoms with Gasteiger partial charge in [-0.25, -0.2) is 4.39 Å². The van der Waals surface area contributed by atoms with Gasteiger partial charge in [0.15, 0.2) is 0 Å². The van der Waals surface area contributed by atoms with E-state index in [0.717, 1.165) is 31.1 Å².